The second-order valence-electron chi connectivity index (χ2n) is 5.03. The number of nitrogens with two attached hydrogens (primary N) is 1. The quantitative estimate of drug-likeness (QED) is 0.756. The van der Waals surface area contributed by atoms with Crippen LogP contribution >= 0.6 is 0 Å². The number of nitrogens with one attached hydrogen (secondary N) is 1. The first-order chi connectivity index (χ1) is 11.2. The van der Waals surface area contributed by atoms with Crippen molar-refractivity contribution in [2.75, 3.05) is 14.2 Å². The summed E-state index contributed by atoms with van der Waals surface area (Å²) in [5.41, 5.74) is 8.04. The second-order valence-corrected chi connectivity index (χ2v) is 5.03. The van der Waals surface area contributed by atoms with Gasteiger partial charge in [0, 0.05) is 5.56 Å². The summed E-state index contributed by atoms with van der Waals surface area (Å²) < 4.78 is 10.4. The maximum atomic E-state index is 6.27. The van der Waals surface area contributed by atoms with Gasteiger partial charge in [0.1, 0.15) is 17.3 Å². The molecule has 6 heteroatoms. The Labute approximate surface area is 134 Å². The Morgan fingerprint density at radius 1 is 1.00 bits per heavy atom. The molecule has 3 N–H and O–H groups in total. The molecule has 2 aromatic carbocycles. The third kappa shape index (κ3) is 3.17. The Morgan fingerprint density at radius 3 is 2.43 bits per heavy atom. The molecule has 0 saturated heterocycles. The molecule has 0 aliphatic carbocycles. The third-order valence-corrected chi connectivity index (χ3v) is 3.58. The molecule has 0 radical (unpaired) electrons. The van der Waals surface area contributed by atoms with Crippen LogP contribution in [0.4, 0.5) is 0 Å². The fourth-order valence-electron chi connectivity index (χ4n) is 2.30. The van der Waals surface area contributed by atoms with Crippen LogP contribution in [0.15, 0.2) is 48.5 Å². The molecule has 0 saturated carbocycles. The molecule has 0 fully saturated rings. The Balaban J connectivity index is 1.88. The predicted octanol–water partition coefficient (Wildman–Crippen LogP) is 2.54. The fraction of sp³-hybridized carbons (Fsp3) is 0.176. The molecular formula is C17H18N4O2. The van der Waals surface area contributed by atoms with Crippen molar-refractivity contribution in [1.82, 2.24) is 15.2 Å². The lowest BCUT2D eigenvalue weighted by Gasteiger charge is -2.09. The number of H-pyrrole nitrogens is 1. The highest BCUT2D eigenvalue weighted by atomic mass is 16.5. The SMILES string of the molecule is COc1cccc(-c2n[nH]c([C@@H](N)c3cccc(OC)c3)n2)c1. The highest BCUT2D eigenvalue weighted by Gasteiger charge is 2.15. The molecular weight excluding hydrogens is 292 g/mol. The number of rotatable bonds is 5. The van der Waals surface area contributed by atoms with E-state index >= 15 is 0 Å². The Bertz CT molecular complexity index is 801. The molecule has 0 amide bonds. The van der Waals surface area contributed by atoms with Crippen molar-refractivity contribution < 1.29 is 9.47 Å². The van der Waals surface area contributed by atoms with Gasteiger partial charge >= 0.3 is 0 Å². The first-order valence-electron chi connectivity index (χ1n) is 7.17. The van der Waals surface area contributed by atoms with Crippen LogP contribution in [-0.4, -0.2) is 29.4 Å². The molecule has 1 atom stereocenters. The van der Waals surface area contributed by atoms with E-state index in [1.54, 1.807) is 14.2 Å². The highest BCUT2D eigenvalue weighted by Crippen LogP contribution is 2.24. The minimum absolute atomic E-state index is 0.406. The van der Waals surface area contributed by atoms with Gasteiger partial charge in [0.15, 0.2) is 5.82 Å². The molecule has 1 aromatic heterocycles. The summed E-state index contributed by atoms with van der Waals surface area (Å²) >= 11 is 0. The van der Waals surface area contributed by atoms with Gasteiger partial charge in [0.2, 0.25) is 0 Å². The van der Waals surface area contributed by atoms with Gasteiger partial charge in [0.05, 0.1) is 20.3 Å². The molecule has 0 aliphatic rings. The Hall–Kier alpha value is -2.86. The Kier molecular flexibility index (Phi) is 4.25. The predicted molar refractivity (Wildman–Crippen MR) is 87.4 cm³/mol. The summed E-state index contributed by atoms with van der Waals surface area (Å²) in [6.45, 7) is 0. The second kappa shape index (κ2) is 6.50. The minimum Gasteiger partial charge on any atom is -0.497 e. The average molecular weight is 310 g/mol. The van der Waals surface area contributed by atoms with Gasteiger partial charge in [-0.1, -0.05) is 24.3 Å². The first-order valence-corrected chi connectivity index (χ1v) is 7.17. The zero-order valence-electron chi connectivity index (χ0n) is 13.0. The van der Waals surface area contributed by atoms with Crippen LogP contribution in [0.3, 0.4) is 0 Å². The number of ether oxygens (including phenoxy) is 2. The van der Waals surface area contributed by atoms with Gasteiger partial charge < -0.3 is 15.2 Å². The standard InChI is InChI=1S/C17H18N4O2/c1-22-13-7-3-5-11(9-13)15(18)17-19-16(20-21-17)12-6-4-8-14(10-12)23-2/h3-10,15H,18H2,1-2H3,(H,19,20,21)/t15-/m0/s1. The van der Waals surface area contributed by atoms with Crippen LogP contribution in [0.25, 0.3) is 11.4 Å². The maximum absolute atomic E-state index is 6.27. The fourth-order valence-corrected chi connectivity index (χ4v) is 2.30. The highest BCUT2D eigenvalue weighted by molar-refractivity contribution is 5.57. The van der Waals surface area contributed by atoms with Gasteiger partial charge in [-0.15, -0.1) is 0 Å². The largest absolute Gasteiger partial charge is 0.497 e. The lowest BCUT2D eigenvalue weighted by Crippen LogP contribution is -2.13. The molecule has 3 rings (SSSR count). The summed E-state index contributed by atoms with van der Waals surface area (Å²) in [5, 5.41) is 7.16. The average Bonchev–Trinajstić information content (AvgIpc) is 3.11. The maximum Gasteiger partial charge on any atom is 0.181 e. The molecule has 3 aromatic rings. The van der Waals surface area contributed by atoms with Crippen LogP contribution < -0.4 is 15.2 Å². The molecule has 6 nitrogen and oxygen atoms in total. The van der Waals surface area contributed by atoms with Crippen LogP contribution in [-0.2, 0) is 0 Å². The summed E-state index contributed by atoms with van der Waals surface area (Å²) in [4.78, 5) is 4.50. The molecule has 0 aliphatic heterocycles. The van der Waals surface area contributed by atoms with Crippen molar-refractivity contribution in [3.05, 3.63) is 59.9 Å². The summed E-state index contributed by atoms with van der Waals surface area (Å²) in [6, 6.07) is 14.8. The molecule has 23 heavy (non-hydrogen) atoms. The Morgan fingerprint density at radius 2 is 1.70 bits per heavy atom. The van der Waals surface area contributed by atoms with E-state index in [0.717, 1.165) is 22.6 Å². The van der Waals surface area contributed by atoms with E-state index in [4.69, 9.17) is 15.2 Å². The van der Waals surface area contributed by atoms with E-state index in [2.05, 4.69) is 15.2 Å². The number of methoxy groups -OCH3 is 2. The van der Waals surface area contributed by atoms with Crippen molar-refractivity contribution in [1.29, 1.82) is 0 Å². The van der Waals surface area contributed by atoms with Gasteiger partial charge in [-0.05, 0) is 29.8 Å². The number of hydrogen-bond acceptors (Lipinski definition) is 5. The topological polar surface area (TPSA) is 86.0 Å². The lowest BCUT2D eigenvalue weighted by atomic mass is 10.1. The van der Waals surface area contributed by atoms with E-state index in [1.165, 1.54) is 0 Å². The van der Waals surface area contributed by atoms with Crippen LogP contribution in [0.1, 0.15) is 17.4 Å². The molecule has 118 valence electrons. The number of aromatic amines is 1. The van der Waals surface area contributed by atoms with E-state index in [0.29, 0.717) is 11.6 Å². The van der Waals surface area contributed by atoms with Gasteiger partial charge in [-0.3, -0.25) is 5.10 Å². The minimum atomic E-state index is -0.406. The van der Waals surface area contributed by atoms with Crippen molar-refractivity contribution >= 4 is 0 Å². The number of nitrogens with zero attached hydrogens (tertiary/aromatic N) is 2. The zero-order chi connectivity index (χ0) is 16.2. The van der Waals surface area contributed by atoms with Crippen LogP contribution in [0.2, 0.25) is 0 Å². The van der Waals surface area contributed by atoms with Gasteiger partial charge in [-0.25, -0.2) is 4.98 Å². The monoisotopic (exact) mass is 310 g/mol. The molecule has 0 spiro atoms. The van der Waals surface area contributed by atoms with Crippen molar-refractivity contribution in [3.63, 3.8) is 0 Å². The smallest absolute Gasteiger partial charge is 0.181 e. The third-order valence-electron chi connectivity index (χ3n) is 3.58. The molecule has 0 unspecified atom stereocenters. The summed E-state index contributed by atoms with van der Waals surface area (Å²) in [7, 11) is 3.25. The molecule has 1 heterocycles. The number of benzene rings is 2. The van der Waals surface area contributed by atoms with Crippen molar-refractivity contribution in [3.8, 4) is 22.9 Å². The number of hydrogen-bond donors (Lipinski definition) is 2. The number of aromatic nitrogens is 3. The molecule has 0 bridgehead atoms. The van der Waals surface area contributed by atoms with Gasteiger partial charge in [0.25, 0.3) is 0 Å². The van der Waals surface area contributed by atoms with Crippen LogP contribution in [0.5, 0.6) is 11.5 Å². The van der Waals surface area contributed by atoms with Gasteiger partial charge in [-0.2, -0.15) is 5.10 Å². The summed E-state index contributed by atoms with van der Waals surface area (Å²) in [6.07, 6.45) is 0. The zero-order valence-corrected chi connectivity index (χ0v) is 13.0. The van der Waals surface area contributed by atoms with Crippen molar-refractivity contribution in [2.24, 2.45) is 5.73 Å². The van der Waals surface area contributed by atoms with E-state index in [1.807, 2.05) is 48.5 Å². The van der Waals surface area contributed by atoms with Crippen molar-refractivity contribution in [2.45, 2.75) is 6.04 Å². The van der Waals surface area contributed by atoms with E-state index in [-0.39, 0.29) is 0 Å². The lowest BCUT2D eigenvalue weighted by molar-refractivity contribution is 0.414. The van der Waals surface area contributed by atoms with E-state index < -0.39 is 6.04 Å². The first kappa shape index (κ1) is 15.1. The summed E-state index contributed by atoms with van der Waals surface area (Å²) in [5.74, 6) is 2.68. The normalized spacial score (nSPS) is 12.0. The van der Waals surface area contributed by atoms with E-state index in [9.17, 15) is 0 Å². The van der Waals surface area contributed by atoms with Crippen LogP contribution in [0, 0.1) is 0 Å².